The number of carbonyl (C=O) groups is 1. The van der Waals surface area contributed by atoms with E-state index in [-0.39, 0.29) is 5.91 Å². The van der Waals surface area contributed by atoms with Crippen molar-refractivity contribution in [3.05, 3.63) is 29.6 Å². The fourth-order valence-electron chi connectivity index (χ4n) is 3.42. The summed E-state index contributed by atoms with van der Waals surface area (Å²) in [6.45, 7) is 10.1. The predicted octanol–water partition coefficient (Wildman–Crippen LogP) is 2.43. The summed E-state index contributed by atoms with van der Waals surface area (Å²) < 4.78 is 0. The maximum atomic E-state index is 12.7. The molecule has 2 aromatic rings. The van der Waals surface area contributed by atoms with Crippen molar-refractivity contribution in [1.29, 1.82) is 0 Å². The van der Waals surface area contributed by atoms with Crippen molar-refractivity contribution in [3.63, 3.8) is 0 Å². The van der Waals surface area contributed by atoms with Gasteiger partial charge in [0.1, 0.15) is 5.82 Å². The van der Waals surface area contributed by atoms with E-state index in [0.29, 0.717) is 6.04 Å². The Morgan fingerprint density at radius 2 is 2.18 bits per heavy atom. The highest BCUT2D eigenvalue weighted by Gasteiger charge is 2.29. The zero-order valence-corrected chi connectivity index (χ0v) is 13.6. The van der Waals surface area contributed by atoms with Crippen LogP contribution in [-0.4, -0.2) is 57.9 Å². The molecule has 0 saturated carbocycles. The molecule has 1 fully saturated rings. The zero-order valence-electron chi connectivity index (χ0n) is 13.6. The number of fused-ring (bicyclic) bond motifs is 1. The van der Waals surface area contributed by atoms with Crippen LogP contribution in [0.1, 0.15) is 36.5 Å². The number of amides is 1. The van der Waals surface area contributed by atoms with Gasteiger partial charge in [-0.05, 0) is 44.6 Å². The lowest BCUT2D eigenvalue weighted by Crippen LogP contribution is -2.38. The third-order valence-corrected chi connectivity index (χ3v) is 4.63. The maximum Gasteiger partial charge on any atom is 0.253 e. The summed E-state index contributed by atoms with van der Waals surface area (Å²) >= 11 is 0. The number of likely N-dealkylation sites (N-methyl/N-ethyl adjacent to an activating group) is 1. The van der Waals surface area contributed by atoms with Crippen molar-refractivity contribution < 1.29 is 4.79 Å². The molecule has 0 spiro atoms. The zero-order chi connectivity index (χ0) is 15.7. The average molecular weight is 300 g/mol. The standard InChI is InChI=1S/C17H24N4O/c1-4-20(5-2)14-8-9-21(11-14)17(22)13-6-7-15-16(10-13)19-12(3)18-15/h6-7,10,14H,4-5,8-9,11H2,1-3H3,(H,18,19)/t14-/m1/s1. The Balaban J connectivity index is 1.75. The monoisotopic (exact) mass is 300 g/mol. The van der Waals surface area contributed by atoms with Crippen molar-refractivity contribution in [2.45, 2.75) is 33.2 Å². The molecule has 1 amide bonds. The van der Waals surface area contributed by atoms with Gasteiger partial charge in [0.15, 0.2) is 0 Å². The number of rotatable bonds is 4. The van der Waals surface area contributed by atoms with Gasteiger partial charge in [-0.3, -0.25) is 9.69 Å². The van der Waals surface area contributed by atoms with Crippen LogP contribution in [0.25, 0.3) is 11.0 Å². The quantitative estimate of drug-likeness (QED) is 0.943. The van der Waals surface area contributed by atoms with Gasteiger partial charge in [-0.2, -0.15) is 0 Å². The van der Waals surface area contributed by atoms with Crippen molar-refractivity contribution in [3.8, 4) is 0 Å². The van der Waals surface area contributed by atoms with Gasteiger partial charge in [0.05, 0.1) is 11.0 Å². The molecule has 0 radical (unpaired) electrons. The first-order valence-corrected chi connectivity index (χ1v) is 8.12. The number of nitrogens with one attached hydrogen (secondary N) is 1. The van der Waals surface area contributed by atoms with E-state index in [1.807, 2.05) is 30.0 Å². The summed E-state index contributed by atoms with van der Waals surface area (Å²) in [5.41, 5.74) is 2.59. The second-order valence-corrected chi connectivity index (χ2v) is 5.97. The van der Waals surface area contributed by atoms with Crippen LogP contribution >= 0.6 is 0 Å². The van der Waals surface area contributed by atoms with Crippen LogP contribution in [0, 0.1) is 6.92 Å². The molecule has 1 aliphatic heterocycles. The molecular weight excluding hydrogens is 276 g/mol. The fourth-order valence-corrected chi connectivity index (χ4v) is 3.42. The average Bonchev–Trinajstić information content (AvgIpc) is 3.12. The van der Waals surface area contributed by atoms with Crippen LogP contribution in [0.5, 0.6) is 0 Å². The smallest absolute Gasteiger partial charge is 0.253 e. The second kappa shape index (κ2) is 6.08. The Bertz CT molecular complexity index is 674. The molecule has 118 valence electrons. The van der Waals surface area contributed by atoms with Crippen LogP contribution in [0.3, 0.4) is 0 Å². The molecule has 0 unspecified atom stereocenters. The van der Waals surface area contributed by atoms with Crippen LogP contribution in [0.4, 0.5) is 0 Å². The molecule has 5 heteroatoms. The molecule has 3 rings (SSSR count). The normalized spacial score (nSPS) is 18.5. The maximum absolute atomic E-state index is 12.7. The van der Waals surface area contributed by atoms with Gasteiger partial charge in [-0.1, -0.05) is 13.8 Å². The molecule has 2 heterocycles. The molecule has 22 heavy (non-hydrogen) atoms. The van der Waals surface area contributed by atoms with E-state index in [0.717, 1.165) is 55.0 Å². The first kappa shape index (κ1) is 15.0. The number of nitrogens with zero attached hydrogens (tertiary/aromatic N) is 3. The largest absolute Gasteiger partial charge is 0.342 e. The number of aryl methyl sites for hydroxylation is 1. The Hall–Kier alpha value is -1.88. The van der Waals surface area contributed by atoms with Crippen molar-refractivity contribution in [2.75, 3.05) is 26.2 Å². The van der Waals surface area contributed by atoms with Gasteiger partial charge in [0.2, 0.25) is 0 Å². The van der Waals surface area contributed by atoms with Gasteiger partial charge in [-0.15, -0.1) is 0 Å². The van der Waals surface area contributed by atoms with E-state index in [1.54, 1.807) is 0 Å². The summed E-state index contributed by atoms with van der Waals surface area (Å²) in [4.78, 5) is 24.7. The number of imidazole rings is 1. The van der Waals surface area contributed by atoms with Gasteiger partial charge in [0, 0.05) is 24.7 Å². The lowest BCUT2D eigenvalue weighted by atomic mass is 10.2. The molecule has 1 N–H and O–H groups in total. The molecule has 1 atom stereocenters. The number of hydrogen-bond donors (Lipinski definition) is 1. The summed E-state index contributed by atoms with van der Waals surface area (Å²) in [7, 11) is 0. The summed E-state index contributed by atoms with van der Waals surface area (Å²) in [5.74, 6) is 1.01. The summed E-state index contributed by atoms with van der Waals surface area (Å²) in [6, 6.07) is 6.22. The van der Waals surface area contributed by atoms with Crippen LogP contribution < -0.4 is 0 Å². The topological polar surface area (TPSA) is 52.2 Å². The molecule has 1 aromatic carbocycles. The highest BCUT2D eigenvalue weighted by atomic mass is 16.2. The lowest BCUT2D eigenvalue weighted by molar-refractivity contribution is 0.0778. The number of likely N-dealkylation sites (tertiary alicyclic amines) is 1. The Morgan fingerprint density at radius 1 is 1.41 bits per heavy atom. The minimum atomic E-state index is 0.129. The fraction of sp³-hybridized carbons (Fsp3) is 0.529. The third-order valence-electron chi connectivity index (χ3n) is 4.63. The molecule has 1 aromatic heterocycles. The van der Waals surface area contributed by atoms with E-state index in [1.165, 1.54) is 0 Å². The molecular formula is C17H24N4O. The molecule has 0 aliphatic carbocycles. The van der Waals surface area contributed by atoms with Crippen LogP contribution in [-0.2, 0) is 0 Å². The van der Waals surface area contributed by atoms with E-state index in [4.69, 9.17) is 0 Å². The van der Waals surface area contributed by atoms with Crippen molar-refractivity contribution >= 4 is 16.9 Å². The SMILES string of the molecule is CCN(CC)[C@@H]1CCN(C(=O)c2ccc3nc(C)[nH]c3c2)C1. The van der Waals surface area contributed by atoms with E-state index in [9.17, 15) is 4.79 Å². The molecule has 0 bridgehead atoms. The van der Waals surface area contributed by atoms with Crippen molar-refractivity contribution in [1.82, 2.24) is 19.8 Å². The minimum Gasteiger partial charge on any atom is -0.342 e. The van der Waals surface area contributed by atoms with E-state index in [2.05, 4.69) is 28.7 Å². The Morgan fingerprint density at radius 3 is 2.91 bits per heavy atom. The molecule has 1 aliphatic rings. The van der Waals surface area contributed by atoms with Crippen molar-refractivity contribution in [2.24, 2.45) is 0 Å². The highest BCUT2D eigenvalue weighted by molar-refractivity contribution is 5.97. The predicted molar refractivity (Wildman–Crippen MR) is 88.1 cm³/mol. The Kier molecular flexibility index (Phi) is 4.16. The van der Waals surface area contributed by atoms with Gasteiger partial charge in [-0.25, -0.2) is 4.98 Å². The van der Waals surface area contributed by atoms with Gasteiger partial charge in [0.25, 0.3) is 5.91 Å². The highest BCUT2D eigenvalue weighted by Crippen LogP contribution is 2.20. The first-order chi connectivity index (χ1) is 10.6. The van der Waals surface area contributed by atoms with Crippen LogP contribution in [0.2, 0.25) is 0 Å². The first-order valence-electron chi connectivity index (χ1n) is 8.12. The number of hydrogen-bond acceptors (Lipinski definition) is 3. The second-order valence-electron chi connectivity index (χ2n) is 5.97. The van der Waals surface area contributed by atoms with E-state index >= 15 is 0 Å². The number of aromatic amines is 1. The number of H-pyrrole nitrogens is 1. The third kappa shape index (κ3) is 2.73. The molecule has 5 nitrogen and oxygen atoms in total. The number of carbonyl (C=O) groups excluding carboxylic acids is 1. The van der Waals surface area contributed by atoms with Crippen LogP contribution in [0.15, 0.2) is 18.2 Å². The summed E-state index contributed by atoms with van der Waals surface area (Å²) in [6.07, 6.45) is 1.07. The lowest BCUT2D eigenvalue weighted by Gasteiger charge is -2.26. The number of aromatic nitrogens is 2. The summed E-state index contributed by atoms with van der Waals surface area (Å²) in [5, 5.41) is 0. The number of benzene rings is 1. The van der Waals surface area contributed by atoms with E-state index < -0.39 is 0 Å². The van der Waals surface area contributed by atoms with Gasteiger partial charge >= 0.3 is 0 Å². The van der Waals surface area contributed by atoms with Gasteiger partial charge < -0.3 is 9.88 Å². The Labute approximate surface area is 131 Å². The minimum absolute atomic E-state index is 0.129. The molecule has 1 saturated heterocycles.